The van der Waals surface area contributed by atoms with Crippen molar-refractivity contribution in [1.82, 2.24) is 0 Å². The van der Waals surface area contributed by atoms with Gasteiger partial charge in [0, 0.05) is 6.42 Å². The van der Waals surface area contributed by atoms with Gasteiger partial charge < -0.3 is 15.6 Å². The van der Waals surface area contributed by atoms with Gasteiger partial charge >= 0.3 is 0 Å². The van der Waals surface area contributed by atoms with Crippen LogP contribution in [0.15, 0.2) is 18.2 Å². The predicted octanol–water partition coefficient (Wildman–Crippen LogP) is 1.38. The van der Waals surface area contributed by atoms with E-state index in [-0.39, 0.29) is 24.0 Å². The van der Waals surface area contributed by atoms with E-state index in [0.29, 0.717) is 5.75 Å². The number of phenolic OH excluding ortho intramolecular Hbond substituents is 1. The van der Waals surface area contributed by atoms with Crippen LogP contribution in [0.3, 0.4) is 0 Å². The maximum atomic E-state index is 10.7. The lowest BCUT2D eigenvalue weighted by Gasteiger charge is -2.11. The van der Waals surface area contributed by atoms with E-state index >= 15 is 0 Å². The highest BCUT2D eigenvalue weighted by atomic mass is 16.5. The summed E-state index contributed by atoms with van der Waals surface area (Å²) in [6, 6.07) is 5.07. The molecule has 0 saturated heterocycles. The minimum atomic E-state index is -0.349. The molecule has 0 saturated carbocycles. The molecule has 1 rings (SSSR count). The number of amides is 1. The highest BCUT2D eigenvalue weighted by Gasteiger charge is 2.11. The molecule has 0 radical (unpaired) electrons. The van der Waals surface area contributed by atoms with E-state index < -0.39 is 0 Å². The van der Waals surface area contributed by atoms with Crippen LogP contribution in [0.1, 0.15) is 24.8 Å². The lowest BCUT2D eigenvalue weighted by atomic mass is 9.97. The van der Waals surface area contributed by atoms with Gasteiger partial charge in [0.1, 0.15) is 0 Å². The minimum absolute atomic E-state index is 0.000642. The molecule has 0 spiro atoms. The number of primary amides is 1. The van der Waals surface area contributed by atoms with Crippen molar-refractivity contribution in [2.75, 3.05) is 7.11 Å². The van der Waals surface area contributed by atoms with Crippen LogP contribution >= 0.6 is 0 Å². The Morgan fingerprint density at radius 1 is 1.60 bits per heavy atom. The van der Waals surface area contributed by atoms with Crippen molar-refractivity contribution in [3.05, 3.63) is 23.8 Å². The Morgan fingerprint density at radius 2 is 2.27 bits per heavy atom. The maximum Gasteiger partial charge on any atom is 0.218 e. The third-order valence-electron chi connectivity index (χ3n) is 2.28. The van der Waals surface area contributed by atoms with Gasteiger partial charge in [-0.15, -0.1) is 0 Å². The zero-order valence-corrected chi connectivity index (χ0v) is 8.86. The smallest absolute Gasteiger partial charge is 0.218 e. The highest BCUT2D eigenvalue weighted by Crippen LogP contribution is 2.30. The molecule has 15 heavy (non-hydrogen) atoms. The van der Waals surface area contributed by atoms with Gasteiger partial charge in [0.25, 0.3) is 0 Å². The standard InChI is InChI=1S/C11H15NO3/c1-7(5-11(12)14)8-3-4-10(15-2)9(13)6-8/h3-4,6-7,13H,5H2,1-2H3,(H2,12,14). The van der Waals surface area contributed by atoms with Crippen LogP contribution in [-0.2, 0) is 4.79 Å². The van der Waals surface area contributed by atoms with Gasteiger partial charge in [-0.3, -0.25) is 4.79 Å². The van der Waals surface area contributed by atoms with E-state index in [1.807, 2.05) is 13.0 Å². The number of hydrogen-bond acceptors (Lipinski definition) is 3. The van der Waals surface area contributed by atoms with Crippen LogP contribution in [0.5, 0.6) is 11.5 Å². The monoisotopic (exact) mass is 209 g/mol. The number of carbonyl (C=O) groups is 1. The van der Waals surface area contributed by atoms with Crippen molar-refractivity contribution >= 4 is 5.91 Å². The van der Waals surface area contributed by atoms with Gasteiger partial charge in [0.2, 0.25) is 5.91 Å². The van der Waals surface area contributed by atoms with Gasteiger partial charge in [0.05, 0.1) is 7.11 Å². The summed E-state index contributed by atoms with van der Waals surface area (Å²) in [5, 5.41) is 9.53. The number of aromatic hydroxyl groups is 1. The second-order valence-electron chi connectivity index (χ2n) is 3.50. The zero-order chi connectivity index (χ0) is 11.4. The van der Waals surface area contributed by atoms with Gasteiger partial charge in [0.15, 0.2) is 11.5 Å². The molecule has 1 atom stereocenters. The Hall–Kier alpha value is -1.71. The first-order valence-electron chi connectivity index (χ1n) is 4.69. The first-order chi connectivity index (χ1) is 7.04. The van der Waals surface area contributed by atoms with Crippen LogP contribution in [0.25, 0.3) is 0 Å². The predicted molar refractivity (Wildman–Crippen MR) is 56.9 cm³/mol. The molecule has 0 heterocycles. The first-order valence-corrected chi connectivity index (χ1v) is 4.69. The summed E-state index contributed by atoms with van der Waals surface area (Å²) in [4.78, 5) is 10.7. The summed E-state index contributed by atoms with van der Waals surface area (Å²) >= 11 is 0. The van der Waals surface area contributed by atoms with Crippen molar-refractivity contribution < 1.29 is 14.6 Å². The molecule has 0 aliphatic rings. The molecule has 0 aliphatic carbocycles. The average Bonchev–Trinajstić information content (AvgIpc) is 2.16. The van der Waals surface area contributed by atoms with Crippen LogP contribution < -0.4 is 10.5 Å². The minimum Gasteiger partial charge on any atom is -0.504 e. The second-order valence-corrected chi connectivity index (χ2v) is 3.50. The van der Waals surface area contributed by atoms with Crippen LogP contribution in [0.4, 0.5) is 0 Å². The molecule has 1 unspecified atom stereocenters. The van der Waals surface area contributed by atoms with Gasteiger partial charge in [-0.1, -0.05) is 13.0 Å². The molecule has 1 aromatic rings. The molecule has 1 amide bonds. The van der Waals surface area contributed by atoms with Crippen LogP contribution in [0, 0.1) is 0 Å². The van der Waals surface area contributed by atoms with E-state index in [4.69, 9.17) is 10.5 Å². The number of ether oxygens (including phenoxy) is 1. The van der Waals surface area contributed by atoms with E-state index in [1.54, 1.807) is 12.1 Å². The van der Waals surface area contributed by atoms with Crippen LogP contribution in [0.2, 0.25) is 0 Å². The Bertz CT molecular complexity index is 363. The molecular formula is C11H15NO3. The fraction of sp³-hybridized carbons (Fsp3) is 0.364. The number of methoxy groups -OCH3 is 1. The summed E-state index contributed by atoms with van der Waals surface area (Å²) in [5.41, 5.74) is 5.97. The first kappa shape index (κ1) is 11.4. The van der Waals surface area contributed by atoms with Crippen molar-refractivity contribution in [3.8, 4) is 11.5 Å². The van der Waals surface area contributed by atoms with Gasteiger partial charge in [-0.05, 0) is 23.6 Å². The van der Waals surface area contributed by atoms with Gasteiger partial charge in [-0.2, -0.15) is 0 Å². The number of carbonyl (C=O) groups excluding carboxylic acids is 1. The molecule has 0 bridgehead atoms. The summed E-state index contributed by atoms with van der Waals surface area (Å²) in [7, 11) is 1.49. The Balaban J connectivity index is 2.87. The van der Waals surface area contributed by atoms with E-state index in [0.717, 1.165) is 5.56 Å². The third-order valence-corrected chi connectivity index (χ3v) is 2.28. The summed E-state index contributed by atoms with van der Waals surface area (Å²) < 4.78 is 4.92. The largest absolute Gasteiger partial charge is 0.504 e. The molecule has 1 aromatic carbocycles. The zero-order valence-electron chi connectivity index (χ0n) is 8.86. The fourth-order valence-electron chi connectivity index (χ4n) is 1.43. The van der Waals surface area contributed by atoms with Crippen molar-refractivity contribution in [2.45, 2.75) is 19.3 Å². The van der Waals surface area contributed by atoms with E-state index in [9.17, 15) is 9.90 Å². The maximum absolute atomic E-state index is 10.7. The van der Waals surface area contributed by atoms with E-state index in [1.165, 1.54) is 7.11 Å². The van der Waals surface area contributed by atoms with Gasteiger partial charge in [-0.25, -0.2) is 0 Å². The van der Waals surface area contributed by atoms with Crippen LogP contribution in [-0.4, -0.2) is 18.1 Å². The molecule has 0 aliphatic heterocycles. The Morgan fingerprint density at radius 3 is 2.73 bits per heavy atom. The van der Waals surface area contributed by atoms with Crippen molar-refractivity contribution in [2.24, 2.45) is 5.73 Å². The molecule has 4 nitrogen and oxygen atoms in total. The molecule has 0 fully saturated rings. The average molecular weight is 209 g/mol. The Labute approximate surface area is 88.7 Å². The quantitative estimate of drug-likeness (QED) is 0.786. The van der Waals surface area contributed by atoms with E-state index in [2.05, 4.69) is 0 Å². The molecule has 3 N–H and O–H groups in total. The summed E-state index contributed by atoms with van der Waals surface area (Å²) in [5.74, 6) is 0.147. The highest BCUT2D eigenvalue weighted by molar-refractivity contribution is 5.74. The topological polar surface area (TPSA) is 72.5 Å². The summed E-state index contributed by atoms with van der Waals surface area (Å²) in [6.45, 7) is 1.88. The normalized spacial score (nSPS) is 12.1. The number of phenols is 1. The lowest BCUT2D eigenvalue weighted by molar-refractivity contribution is -0.118. The number of nitrogens with two attached hydrogens (primary N) is 1. The number of rotatable bonds is 4. The molecule has 82 valence electrons. The Kier molecular flexibility index (Phi) is 3.55. The molecular weight excluding hydrogens is 194 g/mol. The lowest BCUT2D eigenvalue weighted by Crippen LogP contribution is -2.13. The SMILES string of the molecule is COc1ccc(C(C)CC(N)=O)cc1O. The second kappa shape index (κ2) is 4.68. The summed E-state index contributed by atoms with van der Waals surface area (Å²) in [6.07, 6.45) is 0.270. The van der Waals surface area contributed by atoms with Crippen molar-refractivity contribution in [1.29, 1.82) is 0 Å². The number of benzene rings is 1. The fourth-order valence-corrected chi connectivity index (χ4v) is 1.43. The van der Waals surface area contributed by atoms with Crippen molar-refractivity contribution in [3.63, 3.8) is 0 Å². The number of hydrogen-bond donors (Lipinski definition) is 2. The third kappa shape index (κ3) is 2.87. The molecule has 4 heteroatoms. The molecule has 0 aromatic heterocycles.